The molecule has 1 amide bonds. The zero-order chi connectivity index (χ0) is 13.7. The lowest BCUT2D eigenvalue weighted by Crippen LogP contribution is -2.13. The van der Waals surface area contributed by atoms with Gasteiger partial charge >= 0.3 is 0 Å². The van der Waals surface area contributed by atoms with E-state index in [4.69, 9.17) is 21.8 Å². The lowest BCUT2D eigenvalue weighted by atomic mass is 10.3. The van der Waals surface area contributed by atoms with E-state index in [0.29, 0.717) is 21.8 Å². The fourth-order valence-corrected chi connectivity index (χ4v) is 1.94. The largest absolute Gasteiger partial charge is 0.415 e. The normalized spacial score (nSPS) is 10.4. The fraction of sp³-hybridized carbons (Fsp3) is 0.182. The summed E-state index contributed by atoms with van der Waals surface area (Å²) in [5.74, 6) is 0.356. The summed E-state index contributed by atoms with van der Waals surface area (Å²) in [4.78, 5) is 11.7. The Bertz CT molecular complexity index is 558. The number of rotatable bonds is 5. The van der Waals surface area contributed by atoms with Gasteiger partial charge in [0.05, 0.1) is 12.3 Å². The topological polar surface area (TPSA) is 94.0 Å². The molecule has 1 aromatic heterocycles. The van der Waals surface area contributed by atoms with Crippen molar-refractivity contribution in [3.05, 3.63) is 35.2 Å². The second kappa shape index (κ2) is 6.55. The first-order valence-corrected chi connectivity index (χ1v) is 6.74. The third-order valence-electron chi connectivity index (χ3n) is 2.08. The number of thioether (sulfide) groups is 1. The van der Waals surface area contributed by atoms with Gasteiger partial charge in [0.25, 0.3) is 5.22 Å². The van der Waals surface area contributed by atoms with Crippen molar-refractivity contribution >= 4 is 35.0 Å². The minimum absolute atomic E-state index is 0.167. The Morgan fingerprint density at radius 1 is 1.37 bits per heavy atom. The zero-order valence-electron chi connectivity index (χ0n) is 9.80. The van der Waals surface area contributed by atoms with Crippen molar-refractivity contribution in [1.82, 2.24) is 10.2 Å². The summed E-state index contributed by atoms with van der Waals surface area (Å²) in [5.41, 5.74) is 6.02. The van der Waals surface area contributed by atoms with E-state index in [1.807, 2.05) is 0 Å². The molecule has 2 rings (SSSR count). The van der Waals surface area contributed by atoms with Crippen LogP contribution in [-0.2, 0) is 11.3 Å². The Morgan fingerprint density at radius 3 is 2.74 bits per heavy atom. The van der Waals surface area contributed by atoms with Crippen LogP contribution >= 0.6 is 23.4 Å². The van der Waals surface area contributed by atoms with Gasteiger partial charge in [0, 0.05) is 10.7 Å². The maximum absolute atomic E-state index is 11.7. The van der Waals surface area contributed by atoms with E-state index in [1.54, 1.807) is 24.3 Å². The number of nitrogens with two attached hydrogens (primary N) is 1. The van der Waals surface area contributed by atoms with Crippen LogP contribution in [-0.4, -0.2) is 21.9 Å². The number of anilines is 1. The molecular weight excluding hydrogens is 288 g/mol. The third kappa shape index (κ3) is 4.23. The Morgan fingerprint density at radius 2 is 2.11 bits per heavy atom. The van der Waals surface area contributed by atoms with Crippen LogP contribution in [0.2, 0.25) is 5.02 Å². The van der Waals surface area contributed by atoms with Crippen molar-refractivity contribution in [2.75, 3.05) is 11.1 Å². The van der Waals surface area contributed by atoms with Gasteiger partial charge in [-0.25, -0.2) is 0 Å². The molecule has 1 aromatic carbocycles. The molecule has 0 saturated carbocycles. The second-order valence-electron chi connectivity index (χ2n) is 3.51. The molecule has 0 spiro atoms. The van der Waals surface area contributed by atoms with Gasteiger partial charge in [0.15, 0.2) is 0 Å². The summed E-state index contributed by atoms with van der Waals surface area (Å²) in [6, 6.07) is 6.86. The van der Waals surface area contributed by atoms with E-state index in [9.17, 15) is 4.79 Å². The van der Waals surface area contributed by atoms with E-state index in [1.165, 1.54) is 0 Å². The maximum Gasteiger partial charge on any atom is 0.277 e. The highest BCUT2D eigenvalue weighted by atomic mass is 35.5. The smallest absolute Gasteiger partial charge is 0.277 e. The van der Waals surface area contributed by atoms with Gasteiger partial charge in [-0.1, -0.05) is 23.4 Å². The number of benzene rings is 1. The van der Waals surface area contributed by atoms with Crippen molar-refractivity contribution in [3.8, 4) is 0 Å². The van der Waals surface area contributed by atoms with Gasteiger partial charge < -0.3 is 15.5 Å². The highest BCUT2D eigenvalue weighted by Crippen LogP contribution is 2.17. The van der Waals surface area contributed by atoms with E-state index >= 15 is 0 Å². The van der Waals surface area contributed by atoms with Crippen molar-refractivity contribution in [1.29, 1.82) is 0 Å². The lowest BCUT2D eigenvalue weighted by molar-refractivity contribution is -0.113. The first kappa shape index (κ1) is 13.9. The molecule has 8 heteroatoms. The number of hydrogen-bond acceptors (Lipinski definition) is 6. The van der Waals surface area contributed by atoms with Crippen molar-refractivity contribution in [2.45, 2.75) is 11.8 Å². The Labute approximate surface area is 118 Å². The number of nitrogens with one attached hydrogen (secondary N) is 1. The molecule has 0 fully saturated rings. The van der Waals surface area contributed by atoms with Crippen molar-refractivity contribution in [3.63, 3.8) is 0 Å². The lowest BCUT2D eigenvalue weighted by Gasteiger charge is -2.03. The third-order valence-corrected chi connectivity index (χ3v) is 3.15. The van der Waals surface area contributed by atoms with Gasteiger partial charge in [-0.05, 0) is 24.3 Å². The first-order valence-electron chi connectivity index (χ1n) is 5.38. The Hall–Kier alpha value is -1.57. The number of carbonyl (C=O) groups is 1. The van der Waals surface area contributed by atoms with Gasteiger partial charge in [-0.2, -0.15) is 0 Å². The quantitative estimate of drug-likeness (QED) is 0.819. The van der Waals surface area contributed by atoms with Gasteiger partial charge in [0.1, 0.15) is 0 Å². The fourth-order valence-electron chi connectivity index (χ4n) is 1.24. The van der Waals surface area contributed by atoms with Gasteiger partial charge in [0.2, 0.25) is 11.8 Å². The van der Waals surface area contributed by atoms with Crippen LogP contribution in [0, 0.1) is 0 Å². The molecule has 100 valence electrons. The van der Waals surface area contributed by atoms with Gasteiger partial charge in [-0.3, -0.25) is 4.79 Å². The minimum atomic E-state index is -0.167. The molecule has 6 nitrogen and oxygen atoms in total. The zero-order valence-corrected chi connectivity index (χ0v) is 11.4. The standard InChI is InChI=1S/C11H11ClN4O2S/c12-7-1-3-8(4-2-7)14-9(17)6-19-11-16-15-10(5-13)18-11/h1-4H,5-6,13H2,(H,14,17). The molecule has 0 atom stereocenters. The monoisotopic (exact) mass is 298 g/mol. The summed E-state index contributed by atoms with van der Waals surface area (Å²) >= 11 is 6.90. The van der Waals surface area contributed by atoms with Crippen LogP contribution in [0.25, 0.3) is 0 Å². The summed E-state index contributed by atoms with van der Waals surface area (Å²) in [6.45, 7) is 0.185. The summed E-state index contributed by atoms with van der Waals surface area (Å²) < 4.78 is 5.17. The molecule has 0 unspecified atom stereocenters. The van der Waals surface area contributed by atoms with Crippen LogP contribution in [0.3, 0.4) is 0 Å². The number of aromatic nitrogens is 2. The van der Waals surface area contributed by atoms with Gasteiger partial charge in [-0.15, -0.1) is 10.2 Å². The number of halogens is 1. The van der Waals surface area contributed by atoms with Crippen LogP contribution in [0.1, 0.15) is 5.89 Å². The average Bonchev–Trinajstić information content (AvgIpc) is 2.87. The Balaban J connectivity index is 1.82. The SMILES string of the molecule is NCc1nnc(SCC(=O)Nc2ccc(Cl)cc2)o1. The van der Waals surface area contributed by atoms with Crippen LogP contribution in [0.15, 0.2) is 33.9 Å². The van der Waals surface area contributed by atoms with E-state index in [2.05, 4.69) is 15.5 Å². The minimum Gasteiger partial charge on any atom is -0.415 e. The molecule has 0 bridgehead atoms. The number of amides is 1. The molecule has 0 radical (unpaired) electrons. The molecule has 3 N–H and O–H groups in total. The summed E-state index contributed by atoms with van der Waals surface area (Å²) in [6.07, 6.45) is 0. The highest BCUT2D eigenvalue weighted by Gasteiger charge is 2.09. The molecule has 0 saturated heterocycles. The predicted molar refractivity (Wildman–Crippen MR) is 73.0 cm³/mol. The number of nitrogens with zero attached hydrogens (tertiary/aromatic N) is 2. The van der Waals surface area contributed by atoms with E-state index in [-0.39, 0.29) is 18.2 Å². The molecule has 1 heterocycles. The first-order chi connectivity index (χ1) is 9.17. The van der Waals surface area contributed by atoms with E-state index in [0.717, 1.165) is 11.8 Å². The molecule has 0 aliphatic rings. The molecule has 2 aromatic rings. The van der Waals surface area contributed by atoms with Crippen LogP contribution in [0.5, 0.6) is 0 Å². The second-order valence-corrected chi connectivity index (χ2v) is 4.87. The van der Waals surface area contributed by atoms with E-state index < -0.39 is 0 Å². The van der Waals surface area contributed by atoms with Crippen molar-refractivity contribution in [2.24, 2.45) is 5.73 Å². The maximum atomic E-state index is 11.7. The molecular formula is C11H11ClN4O2S. The molecule has 19 heavy (non-hydrogen) atoms. The van der Waals surface area contributed by atoms with Crippen molar-refractivity contribution < 1.29 is 9.21 Å². The highest BCUT2D eigenvalue weighted by molar-refractivity contribution is 7.99. The summed E-state index contributed by atoms with van der Waals surface area (Å²) in [5, 5.41) is 11.1. The predicted octanol–water partition coefficient (Wildman–Crippen LogP) is 1.91. The molecule has 0 aliphatic carbocycles. The van der Waals surface area contributed by atoms with Crippen LogP contribution in [0.4, 0.5) is 5.69 Å². The summed E-state index contributed by atoms with van der Waals surface area (Å²) in [7, 11) is 0. The Kier molecular flexibility index (Phi) is 4.78. The average molecular weight is 299 g/mol. The number of hydrogen-bond donors (Lipinski definition) is 2. The van der Waals surface area contributed by atoms with Crippen LogP contribution < -0.4 is 11.1 Å². The number of carbonyl (C=O) groups excluding carboxylic acids is 1. The molecule has 0 aliphatic heterocycles.